The lowest BCUT2D eigenvalue weighted by Crippen LogP contribution is -2.18. The van der Waals surface area contributed by atoms with Crippen molar-refractivity contribution in [3.63, 3.8) is 0 Å². The van der Waals surface area contributed by atoms with E-state index in [9.17, 15) is 0 Å². The monoisotopic (exact) mass is 266 g/mol. The van der Waals surface area contributed by atoms with E-state index in [1.54, 1.807) is 11.3 Å². The third kappa shape index (κ3) is 3.36. The standard InChI is InChI=1S/C12H18N4OS/c1-8(2)12-14-11(15-17-12)6-16(4)5-10-7-18-9(3)13-10/h7-8H,5-6H2,1-4H3. The van der Waals surface area contributed by atoms with E-state index >= 15 is 0 Å². The molecule has 0 spiro atoms. The molecule has 2 heterocycles. The van der Waals surface area contributed by atoms with Crippen molar-refractivity contribution in [1.29, 1.82) is 0 Å². The molecule has 0 aromatic carbocycles. The number of rotatable bonds is 5. The van der Waals surface area contributed by atoms with Gasteiger partial charge in [-0.2, -0.15) is 4.98 Å². The van der Waals surface area contributed by atoms with E-state index in [0.29, 0.717) is 12.4 Å². The molecule has 2 rings (SSSR count). The largest absolute Gasteiger partial charge is 0.339 e. The molecule has 18 heavy (non-hydrogen) atoms. The van der Waals surface area contributed by atoms with Gasteiger partial charge in [0.1, 0.15) is 0 Å². The molecule has 5 nitrogen and oxygen atoms in total. The van der Waals surface area contributed by atoms with Crippen LogP contribution in [0.2, 0.25) is 0 Å². The number of thiazole rings is 1. The van der Waals surface area contributed by atoms with Crippen LogP contribution in [0.5, 0.6) is 0 Å². The van der Waals surface area contributed by atoms with Crippen molar-refractivity contribution in [2.45, 2.75) is 39.8 Å². The maximum Gasteiger partial charge on any atom is 0.229 e. The quantitative estimate of drug-likeness (QED) is 0.832. The van der Waals surface area contributed by atoms with Crippen molar-refractivity contribution in [3.8, 4) is 0 Å². The van der Waals surface area contributed by atoms with Gasteiger partial charge in [-0.1, -0.05) is 19.0 Å². The van der Waals surface area contributed by atoms with Crippen LogP contribution >= 0.6 is 11.3 Å². The molecule has 2 aromatic rings. The summed E-state index contributed by atoms with van der Waals surface area (Å²) in [5, 5.41) is 7.16. The first-order valence-electron chi connectivity index (χ1n) is 5.96. The SMILES string of the molecule is Cc1nc(CN(C)Cc2noc(C(C)C)n2)cs1. The van der Waals surface area contributed by atoms with Gasteiger partial charge in [-0.05, 0) is 14.0 Å². The van der Waals surface area contributed by atoms with Gasteiger partial charge in [-0.15, -0.1) is 11.3 Å². The van der Waals surface area contributed by atoms with Crippen LogP contribution in [0.4, 0.5) is 0 Å². The highest BCUT2D eigenvalue weighted by Gasteiger charge is 2.12. The minimum absolute atomic E-state index is 0.276. The van der Waals surface area contributed by atoms with Gasteiger partial charge in [0.2, 0.25) is 5.89 Å². The Morgan fingerprint density at radius 2 is 2.11 bits per heavy atom. The predicted molar refractivity (Wildman–Crippen MR) is 70.4 cm³/mol. The molecule has 2 aromatic heterocycles. The summed E-state index contributed by atoms with van der Waals surface area (Å²) < 4.78 is 5.18. The second kappa shape index (κ2) is 5.58. The minimum atomic E-state index is 0.276. The van der Waals surface area contributed by atoms with Gasteiger partial charge >= 0.3 is 0 Å². The Bertz CT molecular complexity index is 506. The summed E-state index contributed by atoms with van der Waals surface area (Å²) in [5.41, 5.74) is 1.09. The molecule has 0 unspecified atom stereocenters. The number of aromatic nitrogens is 3. The van der Waals surface area contributed by atoms with Gasteiger partial charge in [0.15, 0.2) is 5.82 Å². The van der Waals surface area contributed by atoms with E-state index in [-0.39, 0.29) is 5.92 Å². The van der Waals surface area contributed by atoms with Crippen LogP contribution in [0.3, 0.4) is 0 Å². The maximum absolute atomic E-state index is 5.18. The molecule has 0 N–H and O–H groups in total. The Kier molecular flexibility index (Phi) is 4.08. The second-order valence-corrected chi connectivity index (χ2v) is 5.80. The van der Waals surface area contributed by atoms with Crippen molar-refractivity contribution in [2.24, 2.45) is 0 Å². The molecule has 0 aliphatic carbocycles. The smallest absolute Gasteiger partial charge is 0.229 e. The Morgan fingerprint density at radius 3 is 2.67 bits per heavy atom. The third-order valence-electron chi connectivity index (χ3n) is 2.49. The second-order valence-electron chi connectivity index (χ2n) is 4.73. The zero-order valence-corrected chi connectivity index (χ0v) is 12.0. The summed E-state index contributed by atoms with van der Waals surface area (Å²) in [4.78, 5) is 10.9. The van der Waals surface area contributed by atoms with E-state index < -0.39 is 0 Å². The molecule has 0 radical (unpaired) electrons. The van der Waals surface area contributed by atoms with Crippen LogP contribution in [-0.4, -0.2) is 27.1 Å². The summed E-state index contributed by atoms with van der Waals surface area (Å²) in [6.07, 6.45) is 0. The average molecular weight is 266 g/mol. The molecule has 0 bridgehead atoms. The average Bonchev–Trinajstić information content (AvgIpc) is 2.88. The van der Waals surface area contributed by atoms with Crippen molar-refractivity contribution in [2.75, 3.05) is 7.05 Å². The van der Waals surface area contributed by atoms with Crippen molar-refractivity contribution < 1.29 is 4.52 Å². The van der Waals surface area contributed by atoms with Crippen molar-refractivity contribution in [1.82, 2.24) is 20.0 Å². The number of aryl methyl sites for hydroxylation is 1. The first kappa shape index (κ1) is 13.2. The summed E-state index contributed by atoms with van der Waals surface area (Å²) in [7, 11) is 2.03. The predicted octanol–water partition coefficient (Wildman–Crippen LogP) is 2.59. The van der Waals surface area contributed by atoms with Crippen LogP contribution in [0, 0.1) is 6.92 Å². The van der Waals surface area contributed by atoms with Crippen LogP contribution in [0.1, 0.15) is 42.2 Å². The van der Waals surface area contributed by atoms with Gasteiger partial charge in [-0.25, -0.2) is 4.98 Å². The van der Waals surface area contributed by atoms with Gasteiger partial charge in [0.05, 0.1) is 17.2 Å². The Morgan fingerprint density at radius 1 is 1.33 bits per heavy atom. The van der Waals surface area contributed by atoms with Crippen molar-refractivity contribution >= 4 is 11.3 Å². The number of hydrogen-bond acceptors (Lipinski definition) is 6. The van der Waals surface area contributed by atoms with Crippen LogP contribution in [-0.2, 0) is 13.1 Å². The highest BCUT2D eigenvalue weighted by Crippen LogP contribution is 2.13. The molecule has 0 fully saturated rings. The van der Waals surface area contributed by atoms with Gasteiger partial charge in [-0.3, -0.25) is 4.90 Å². The zero-order chi connectivity index (χ0) is 13.1. The molecular weight excluding hydrogens is 248 g/mol. The molecule has 0 saturated heterocycles. The topological polar surface area (TPSA) is 55.1 Å². The number of nitrogens with zero attached hydrogens (tertiary/aromatic N) is 4. The first-order chi connectivity index (χ1) is 8.54. The Hall–Kier alpha value is -1.27. The highest BCUT2D eigenvalue weighted by atomic mass is 32.1. The van der Waals surface area contributed by atoms with E-state index in [2.05, 4.69) is 25.4 Å². The fourth-order valence-electron chi connectivity index (χ4n) is 1.62. The number of hydrogen-bond donors (Lipinski definition) is 0. The highest BCUT2D eigenvalue weighted by molar-refractivity contribution is 7.09. The maximum atomic E-state index is 5.18. The normalized spacial score (nSPS) is 11.7. The van der Waals surface area contributed by atoms with Crippen LogP contribution in [0.25, 0.3) is 0 Å². The fourth-order valence-corrected chi connectivity index (χ4v) is 2.22. The molecular formula is C12H18N4OS. The van der Waals surface area contributed by atoms with Crippen molar-refractivity contribution in [3.05, 3.63) is 27.8 Å². The summed E-state index contributed by atoms with van der Waals surface area (Å²) in [6.45, 7) is 7.57. The summed E-state index contributed by atoms with van der Waals surface area (Å²) >= 11 is 1.67. The van der Waals surface area contributed by atoms with Gasteiger partial charge in [0, 0.05) is 17.8 Å². The zero-order valence-electron chi connectivity index (χ0n) is 11.2. The molecule has 0 aliphatic heterocycles. The summed E-state index contributed by atoms with van der Waals surface area (Å²) in [5.74, 6) is 1.70. The van der Waals surface area contributed by atoms with E-state index in [4.69, 9.17) is 4.52 Å². The van der Waals surface area contributed by atoms with E-state index in [0.717, 1.165) is 23.1 Å². The lowest BCUT2D eigenvalue weighted by Gasteiger charge is -2.11. The van der Waals surface area contributed by atoms with Gasteiger partial charge in [0.25, 0.3) is 0 Å². The van der Waals surface area contributed by atoms with Gasteiger partial charge < -0.3 is 4.52 Å². The van der Waals surface area contributed by atoms with Crippen LogP contribution in [0.15, 0.2) is 9.90 Å². The molecule has 98 valence electrons. The first-order valence-corrected chi connectivity index (χ1v) is 6.84. The summed E-state index contributed by atoms with van der Waals surface area (Å²) in [6, 6.07) is 0. The lowest BCUT2D eigenvalue weighted by atomic mass is 10.2. The molecule has 0 saturated carbocycles. The molecule has 0 aliphatic rings. The lowest BCUT2D eigenvalue weighted by molar-refractivity contribution is 0.296. The van der Waals surface area contributed by atoms with E-state index in [1.165, 1.54) is 0 Å². The molecule has 0 amide bonds. The molecule has 6 heteroatoms. The van der Waals surface area contributed by atoms with Crippen LogP contribution < -0.4 is 0 Å². The minimum Gasteiger partial charge on any atom is -0.339 e. The van der Waals surface area contributed by atoms with E-state index in [1.807, 2.05) is 27.8 Å². The Balaban J connectivity index is 1.92. The fraction of sp³-hybridized carbons (Fsp3) is 0.583. The Labute approximate surface area is 111 Å². The third-order valence-corrected chi connectivity index (χ3v) is 3.31. The molecule has 0 atom stereocenters.